The van der Waals surface area contributed by atoms with Gasteiger partial charge in [-0.1, -0.05) is 30.8 Å². The fourth-order valence-electron chi connectivity index (χ4n) is 2.42. The largest absolute Gasteiger partial charge is 0.411 e. The zero-order valence-corrected chi connectivity index (χ0v) is 8.84. The van der Waals surface area contributed by atoms with Crippen LogP contribution in [0, 0.1) is 0 Å². The van der Waals surface area contributed by atoms with Crippen LogP contribution in [-0.4, -0.2) is 21.0 Å². The van der Waals surface area contributed by atoms with Gasteiger partial charge in [0.2, 0.25) is 0 Å². The van der Waals surface area contributed by atoms with E-state index in [4.69, 9.17) is 5.21 Å². The summed E-state index contributed by atoms with van der Waals surface area (Å²) in [6.45, 7) is 0. The van der Waals surface area contributed by atoms with Crippen molar-refractivity contribution in [3.05, 3.63) is 18.7 Å². The van der Waals surface area contributed by atoms with Gasteiger partial charge in [-0.3, -0.25) is 0 Å². The van der Waals surface area contributed by atoms with Crippen LogP contribution in [0.2, 0.25) is 0 Å². The third-order valence-electron chi connectivity index (χ3n) is 3.29. The molecule has 1 aliphatic rings. The van der Waals surface area contributed by atoms with E-state index in [1.165, 1.54) is 25.7 Å². The van der Waals surface area contributed by atoms with Crippen molar-refractivity contribution >= 4 is 6.21 Å². The molecule has 1 saturated carbocycles. The van der Waals surface area contributed by atoms with Crippen molar-refractivity contribution in [1.29, 1.82) is 0 Å². The van der Waals surface area contributed by atoms with E-state index in [2.05, 4.69) is 14.7 Å². The molecule has 0 unspecified atom stereocenters. The van der Waals surface area contributed by atoms with Crippen LogP contribution in [0.5, 0.6) is 0 Å². The molecule has 1 fully saturated rings. The molecule has 0 amide bonds. The number of hydrogen-bond donors (Lipinski definition) is 1. The molecule has 0 bridgehead atoms. The van der Waals surface area contributed by atoms with E-state index >= 15 is 0 Å². The van der Waals surface area contributed by atoms with Gasteiger partial charge in [-0.05, 0) is 12.8 Å². The van der Waals surface area contributed by atoms with Crippen molar-refractivity contribution in [3.8, 4) is 0 Å². The number of aromatic nitrogens is 2. The Morgan fingerprint density at radius 2 is 2.00 bits per heavy atom. The number of imidazole rings is 1. The maximum absolute atomic E-state index is 8.81. The lowest BCUT2D eigenvalue weighted by atomic mass is 9.91. The van der Waals surface area contributed by atoms with Gasteiger partial charge in [0.15, 0.2) is 0 Å². The predicted molar refractivity (Wildman–Crippen MR) is 58.2 cm³/mol. The van der Waals surface area contributed by atoms with Crippen LogP contribution in [0.4, 0.5) is 0 Å². The smallest absolute Gasteiger partial charge is 0.0954 e. The summed E-state index contributed by atoms with van der Waals surface area (Å²) < 4.78 is 2.07. The zero-order chi connectivity index (χ0) is 10.6. The van der Waals surface area contributed by atoms with Crippen LogP contribution in [0.1, 0.15) is 38.5 Å². The van der Waals surface area contributed by atoms with Gasteiger partial charge in [0, 0.05) is 12.4 Å². The highest BCUT2D eigenvalue weighted by Gasteiger charge is 2.30. The number of rotatable bonds is 2. The van der Waals surface area contributed by atoms with Gasteiger partial charge in [-0.2, -0.15) is 0 Å². The Morgan fingerprint density at radius 1 is 1.27 bits per heavy atom. The van der Waals surface area contributed by atoms with Gasteiger partial charge in [0.05, 0.1) is 18.1 Å². The zero-order valence-electron chi connectivity index (χ0n) is 8.84. The minimum absolute atomic E-state index is 0.151. The molecule has 0 atom stereocenters. The second kappa shape index (κ2) is 4.47. The summed E-state index contributed by atoms with van der Waals surface area (Å²) in [5, 5.41) is 12.1. The summed E-state index contributed by atoms with van der Waals surface area (Å²) in [4.78, 5) is 4.07. The Bertz CT molecular complexity index is 311. The highest BCUT2D eigenvalue weighted by Crippen LogP contribution is 2.32. The van der Waals surface area contributed by atoms with Crippen LogP contribution in [-0.2, 0) is 5.54 Å². The molecular formula is C11H17N3O. The quantitative estimate of drug-likeness (QED) is 0.350. The summed E-state index contributed by atoms with van der Waals surface area (Å²) >= 11 is 0. The molecular weight excluding hydrogens is 190 g/mol. The van der Waals surface area contributed by atoms with E-state index in [0.717, 1.165) is 12.8 Å². The first-order chi connectivity index (χ1) is 7.37. The molecule has 1 aromatic rings. The van der Waals surface area contributed by atoms with E-state index in [1.807, 2.05) is 12.5 Å². The average Bonchev–Trinajstić information content (AvgIpc) is 2.68. The molecule has 15 heavy (non-hydrogen) atoms. The molecule has 0 aliphatic heterocycles. The number of oxime groups is 1. The van der Waals surface area contributed by atoms with Crippen molar-refractivity contribution in [2.75, 3.05) is 0 Å². The third kappa shape index (κ3) is 2.03. The number of nitrogens with zero attached hydrogens (tertiary/aromatic N) is 3. The monoisotopic (exact) mass is 207 g/mol. The molecule has 0 aromatic carbocycles. The second-order valence-electron chi connectivity index (χ2n) is 4.23. The lowest BCUT2D eigenvalue weighted by Crippen LogP contribution is -2.34. The molecule has 1 aromatic heterocycles. The van der Waals surface area contributed by atoms with Crippen molar-refractivity contribution in [2.45, 2.75) is 44.1 Å². The van der Waals surface area contributed by atoms with Gasteiger partial charge in [0.1, 0.15) is 0 Å². The summed E-state index contributed by atoms with van der Waals surface area (Å²) in [6, 6.07) is 0. The Labute approximate surface area is 89.6 Å². The Morgan fingerprint density at radius 3 is 2.53 bits per heavy atom. The standard InChI is InChI=1S/C11H17N3O/c15-13-9-11(14-8-7-12-10-14)5-3-1-2-4-6-11/h7-10,15H,1-6H2. The van der Waals surface area contributed by atoms with Crippen molar-refractivity contribution in [3.63, 3.8) is 0 Å². The van der Waals surface area contributed by atoms with Crippen LogP contribution in [0.15, 0.2) is 23.9 Å². The normalized spacial score (nSPS) is 21.6. The fraction of sp³-hybridized carbons (Fsp3) is 0.636. The number of hydrogen-bond acceptors (Lipinski definition) is 3. The molecule has 1 N–H and O–H groups in total. The summed E-state index contributed by atoms with van der Waals surface area (Å²) in [5.41, 5.74) is -0.151. The summed E-state index contributed by atoms with van der Waals surface area (Å²) in [5.74, 6) is 0. The maximum atomic E-state index is 8.81. The first-order valence-corrected chi connectivity index (χ1v) is 5.54. The molecule has 1 aliphatic carbocycles. The van der Waals surface area contributed by atoms with Crippen LogP contribution >= 0.6 is 0 Å². The van der Waals surface area contributed by atoms with E-state index in [0.29, 0.717) is 0 Å². The van der Waals surface area contributed by atoms with E-state index in [9.17, 15) is 0 Å². The molecule has 4 nitrogen and oxygen atoms in total. The molecule has 4 heteroatoms. The highest BCUT2D eigenvalue weighted by atomic mass is 16.4. The molecule has 1 heterocycles. The van der Waals surface area contributed by atoms with Gasteiger partial charge in [-0.15, -0.1) is 0 Å². The van der Waals surface area contributed by atoms with E-state index in [1.54, 1.807) is 12.4 Å². The predicted octanol–water partition coefficient (Wildman–Crippen LogP) is 2.39. The van der Waals surface area contributed by atoms with Gasteiger partial charge in [0.25, 0.3) is 0 Å². The third-order valence-corrected chi connectivity index (χ3v) is 3.29. The fourth-order valence-corrected chi connectivity index (χ4v) is 2.42. The molecule has 0 saturated heterocycles. The second-order valence-corrected chi connectivity index (χ2v) is 4.23. The van der Waals surface area contributed by atoms with Gasteiger partial charge >= 0.3 is 0 Å². The summed E-state index contributed by atoms with van der Waals surface area (Å²) in [6.07, 6.45) is 14.2. The Kier molecular flexibility index (Phi) is 3.04. The van der Waals surface area contributed by atoms with Crippen LogP contribution in [0.3, 0.4) is 0 Å². The highest BCUT2D eigenvalue weighted by molar-refractivity contribution is 5.67. The van der Waals surface area contributed by atoms with Gasteiger partial charge < -0.3 is 9.77 Å². The van der Waals surface area contributed by atoms with Gasteiger partial charge in [-0.25, -0.2) is 4.98 Å². The van der Waals surface area contributed by atoms with E-state index in [-0.39, 0.29) is 5.54 Å². The topological polar surface area (TPSA) is 50.4 Å². The minimum atomic E-state index is -0.151. The first kappa shape index (κ1) is 10.2. The van der Waals surface area contributed by atoms with Crippen LogP contribution in [0.25, 0.3) is 0 Å². The summed E-state index contributed by atoms with van der Waals surface area (Å²) in [7, 11) is 0. The molecule has 2 rings (SSSR count). The van der Waals surface area contributed by atoms with Crippen molar-refractivity contribution in [1.82, 2.24) is 9.55 Å². The SMILES string of the molecule is ON=CC1(n2ccnc2)CCCCCC1. The van der Waals surface area contributed by atoms with E-state index < -0.39 is 0 Å². The minimum Gasteiger partial charge on any atom is -0.411 e. The van der Waals surface area contributed by atoms with Crippen molar-refractivity contribution < 1.29 is 5.21 Å². The maximum Gasteiger partial charge on any atom is 0.0954 e. The van der Waals surface area contributed by atoms with Crippen LogP contribution < -0.4 is 0 Å². The Balaban J connectivity index is 2.29. The molecule has 0 spiro atoms. The lowest BCUT2D eigenvalue weighted by Gasteiger charge is -2.29. The molecule has 0 radical (unpaired) electrons. The Hall–Kier alpha value is -1.32. The average molecular weight is 207 g/mol. The first-order valence-electron chi connectivity index (χ1n) is 5.54. The lowest BCUT2D eigenvalue weighted by molar-refractivity contribution is 0.298. The molecule has 82 valence electrons. The van der Waals surface area contributed by atoms with Crippen molar-refractivity contribution in [2.24, 2.45) is 5.16 Å².